The van der Waals surface area contributed by atoms with Gasteiger partial charge in [-0.3, -0.25) is 2.78 Å². The normalized spacial score (nSPS) is 10.9. The summed E-state index contributed by atoms with van der Waals surface area (Å²) in [5, 5.41) is 0. The molecule has 0 saturated carbocycles. The second kappa shape index (κ2) is 2.73. The molecule has 0 fully saturated rings. The summed E-state index contributed by atoms with van der Waals surface area (Å²) >= 11 is 2.27. The Labute approximate surface area is 85.1 Å². The number of benzene rings is 1. The predicted octanol–water partition coefficient (Wildman–Crippen LogP) is 2.85. The minimum absolute atomic E-state index is 1.06. The number of imidazole rings is 1. The van der Waals surface area contributed by atoms with Gasteiger partial charge in [-0.25, -0.2) is 4.98 Å². The molecule has 0 aliphatic carbocycles. The highest BCUT2D eigenvalue weighted by molar-refractivity contribution is 14.1. The lowest BCUT2D eigenvalue weighted by molar-refractivity contribution is 1.15. The number of hydrogen-bond acceptors (Lipinski definition) is 1. The first kappa shape index (κ1) is 8.04. The zero-order valence-corrected chi connectivity index (χ0v) is 9.16. The topological polar surface area (TPSA) is 17.8 Å². The third kappa shape index (κ3) is 1.03. The van der Waals surface area contributed by atoms with Crippen molar-refractivity contribution in [3.05, 3.63) is 29.6 Å². The van der Waals surface area contributed by atoms with Crippen molar-refractivity contribution in [3.63, 3.8) is 0 Å². The van der Waals surface area contributed by atoms with E-state index < -0.39 is 0 Å². The highest BCUT2D eigenvalue weighted by Crippen LogP contribution is 2.20. The van der Waals surface area contributed by atoms with Gasteiger partial charge in [-0.05, 0) is 25.5 Å². The summed E-state index contributed by atoms with van der Waals surface area (Å²) in [5.74, 6) is 1.06. The van der Waals surface area contributed by atoms with Crippen LogP contribution >= 0.6 is 22.9 Å². The number of para-hydroxylation sites is 1. The summed E-state index contributed by atoms with van der Waals surface area (Å²) in [7, 11) is 0. The van der Waals surface area contributed by atoms with Crippen molar-refractivity contribution in [2.75, 3.05) is 0 Å². The zero-order valence-electron chi connectivity index (χ0n) is 7.00. The van der Waals surface area contributed by atoms with Crippen molar-refractivity contribution < 1.29 is 0 Å². The van der Waals surface area contributed by atoms with Gasteiger partial charge in [-0.15, -0.1) is 0 Å². The van der Waals surface area contributed by atoms with Gasteiger partial charge in [-0.2, -0.15) is 0 Å². The summed E-state index contributed by atoms with van der Waals surface area (Å²) in [6.45, 7) is 4.11. The van der Waals surface area contributed by atoms with Crippen LogP contribution in [0.4, 0.5) is 0 Å². The first-order chi connectivity index (χ1) is 5.70. The van der Waals surface area contributed by atoms with Gasteiger partial charge in [0.1, 0.15) is 5.82 Å². The highest BCUT2D eigenvalue weighted by atomic mass is 127. The van der Waals surface area contributed by atoms with E-state index in [9.17, 15) is 0 Å². The van der Waals surface area contributed by atoms with Crippen LogP contribution in [0.2, 0.25) is 0 Å². The van der Waals surface area contributed by atoms with E-state index in [1.54, 1.807) is 0 Å². The SMILES string of the molecule is Cc1cccc2c1nc(C)n2I. The number of hydrogen-bond donors (Lipinski definition) is 0. The second-order valence-electron chi connectivity index (χ2n) is 2.88. The van der Waals surface area contributed by atoms with E-state index in [0.29, 0.717) is 0 Å². The predicted molar refractivity (Wildman–Crippen MR) is 58.6 cm³/mol. The van der Waals surface area contributed by atoms with Crippen LogP contribution in [-0.4, -0.2) is 7.76 Å². The Morgan fingerprint density at radius 1 is 1.33 bits per heavy atom. The standard InChI is InChI=1S/C9H9IN2/c1-6-4-3-5-8-9(6)11-7(2)12(8)10/h3-5H,1-2H3. The van der Waals surface area contributed by atoms with Gasteiger partial charge in [0.05, 0.1) is 33.9 Å². The van der Waals surface area contributed by atoms with Crippen LogP contribution in [-0.2, 0) is 0 Å². The Bertz CT molecular complexity index is 431. The molecule has 1 aromatic heterocycles. The lowest BCUT2D eigenvalue weighted by Gasteiger charge is -1.94. The molecule has 0 unspecified atom stereocenters. The van der Waals surface area contributed by atoms with Gasteiger partial charge in [0.15, 0.2) is 0 Å². The number of nitrogens with zero attached hydrogens (tertiary/aromatic N) is 2. The Balaban J connectivity index is 2.95. The summed E-state index contributed by atoms with van der Waals surface area (Å²) in [6, 6.07) is 6.24. The first-order valence-electron chi connectivity index (χ1n) is 3.81. The molecule has 2 nitrogen and oxygen atoms in total. The Morgan fingerprint density at radius 3 is 2.75 bits per heavy atom. The lowest BCUT2D eigenvalue weighted by Crippen LogP contribution is -1.80. The molecule has 0 radical (unpaired) electrons. The molecule has 12 heavy (non-hydrogen) atoms. The number of halogens is 1. The number of aryl methyl sites for hydroxylation is 2. The van der Waals surface area contributed by atoms with Crippen LogP contribution in [0, 0.1) is 13.8 Å². The minimum atomic E-state index is 1.06. The number of fused-ring (bicyclic) bond motifs is 1. The van der Waals surface area contributed by atoms with Crippen LogP contribution in [0.3, 0.4) is 0 Å². The van der Waals surface area contributed by atoms with Crippen LogP contribution in [0.15, 0.2) is 18.2 Å². The van der Waals surface area contributed by atoms with Crippen LogP contribution < -0.4 is 0 Å². The first-order valence-corrected chi connectivity index (χ1v) is 4.77. The molecule has 0 amide bonds. The Hall–Kier alpha value is -0.580. The molecular weight excluding hydrogens is 263 g/mol. The fraction of sp³-hybridized carbons (Fsp3) is 0.222. The Morgan fingerprint density at radius 2 is 2.08 bits per heavy atom. The van der Waals surface area contributed by atoms with Gasteiger partial charge in [-0.1, -0.05) is 12.1 Å². The molecule has 1 heterocycles. The van der Waals surface area contributed by atoms with Crippen LogP contribution in [0.1, 0.15) is 11.4 Å². The largest absolute Gasteiger partial charge is 0.268 e. The fourth-order valence-electron chi connectivity index (χ4n) is 1.33. The summed E-state index contributed by atoms with van der Waals surface area (Å²) in [6.07, 6.45) is 0. The number of rotatable bonds is 0. The van der Waals surface area contributed by atoms with Crippen molar-refractivity contribution >= 4 is 33.9 Å². The van der Waals surface area contributed by atoms with Crippen LogP contribution in [0.5, 0.6) is 0 Å². The van der Waals surface area contributed by atoms with Crippen molar-refractivity contribution in [2.45, 2.75) is 13.8 Å². The molecule has 0 aliphatic heterocycles. The molecule has 0 atom stereocenters. The average Bonchev–Trinajstić information content (AvgIpc) is 2.32. The molecular formula is C9H9IN2. The smallest absolute Gasteiger partial charge is 0.115 e. The average molecular weight is 272 g/mol. The van der Waals surface area contributed by atoms with Gasteiger partial charge in [0.2, 0.25) is 0 Å². The second-order valence-corrected chi connectivity index (χ2v) is 3.85. The lowest BCUT2D eigenvalue weighted by atomic mass is 10.2. The maximum absolute atomic E-state index is 4.47. The van der Waals surface area contributed by atoms with E-state index in [2.05, 4.69) is 55.8 Å². The molecule has 0 saturated heterocycles. The van der Waals surface area contributed by atoms with Crippen molar-refractivity contribution in [1.82, 2.24) is 7.76 Å². The van der Waals surface area contributed by atoms with Gasteiger partial charge >= 0.3 is 0 Å². The molecule has 62 valence electrons. The summed E-state index contributed by atoms with van der Waals surface area (Å²) in [4.78, 5) is 4.47. The third-order valence-electron chi connectivity index (χ3n) is 1.99. The van der Waals surface area contributed by atoms with E-state index in [0.717, 1.165) is 11.3 Å². The van der Waals surface area contributed by atoms with Crippen LogP contribution in [0.25, 0.3) is 11.0 Å². The van der Waals surface area contributed by atoms with Crippen molar-refractivity contribution in [3.8, 4) is 0 Å². The van der Waals surface area contributed by atoms with Gasteiger partial charge < -0.3 is 0 Å². The van der Waals surface area contributed by atoms with E-state index >= 15 is 0 Å². The minimum Gasteiger partial charge on any atom is -0.268 e. The fourth-order valence-corrected chi connectivity index (χ4v) is 1.82. The molecule has 0 N–H and O–H groups in total. The molecule has 0 bridgehead atoms. The van der Waals surface area contributed by atoms with Gasteiger partial charge in [0, 0.05) is 0 Å². The summed E-state index contributed by atoms with van der Waals surface area (Å²) < 4.78 is 2.08. The summed E-state index contributed by atoms with van der Waals surface area (Å²) in [5.41, 5.74) is 3.56. The molecule has 2 aromatic rings. The maximum Gasteiger partial charge on any atom is 0.115 e. The quantitative estimate of drug-likeness (QED) is 0.674. The highest BCUT2D eigenvalue weighted by Gasteiger charge is 2.05. The molecule has 1 aromatic carbocycles. The third-order valence-corrected chi connectivity index (χ3v) is 3.20. The Kier molecular flexibility index (Phi) is 1.83. The van der Waals surface area contributed by atoms with E-state index in [1.807, 2.05) is 6.92 Å². The molecule has 2 rings (SSSR count). The molecule has 0 aliphatic rings. The molecule has 0 spiro atoms. The monoisotopic (exact) mass is 272 g/mol. The zero-order chi connectivity index (χ0) is 8.72. The number of aromatic nitrogens is 2. The molecule has 3 heteroatoms. The van der Waals surface area contributed by atoms with Gasteiger partial charge in [0.25, 0.3) is 0 Å². The van der Waals surface area contributed by atoms with E-state index in [-0.39, 0.29) is 0 Å². The maximum atomic E-state index is 4.47. The van der Waals surface area contributed by atoms with E-state index in [4.69, 9.17) is 0 Å². The van der Waals surface area contributed by atoms with E-state index in [1.165, 1.54) is 11.1 Å². The van der Waals surface area contributed by atoms with Crippen molar-refractivity contribution in [1.29, 1.82) is 0 Å². The van der Waals surface area contributed by atoms with Crippen molar-refractivity contribution in [2.24, 2.45) is 0 Å².